The molecule has 4 rings (SSSR count). The summed E-state index contributed by atoms with van der Waals surface area (Å²) in [6, 6.07) is 21.1. The zero-order valence-electron chi connectivity index (χ0n) is 23.1. The number of benzene rings is 2. The smallest absolute Gasteiger partial charge is 0.286 e. The quantitative estimate of drug-likeness (QED) is 0.330. The summed E-state index contributed by atoms with van der Waals surface area (Å²) in [6.45, 7) is 6.23. The topological polar surface area (TPSA) is 103 Å². The molecule has 9 heteroatoms. The highest BCUT2D eigenvalue weighted by Crippen LogP contribution is 2.40. The van der Waals surface area contributed by atoms with Crippen LogP contribution < -0.4 is 15.2 Å². The predicted octanol–water partition coefficient (Wildman–Crippen LogP) is 2.37. The normalized spacial score (nSPS) is 17.6. The van der Waals surface area contributed by atoms with E-state index in [0.717, 1.165) is 16.7 Å². The van der Waals surface area contributed by atoms with Crippen molar-refractivity contribution in [2.75, 3.05) is 5.88 Å². The summed E-state index contributed by atoms with van der Waals surface area (Å²) < 4.78 is 1.16. The average Bonchev–Trinajstić information content (AvgIpc) is 3.27. The number of carbonyl (C=O) groups is 3. The Kier molecular flexibility index (Phi) is 9.60. The number of nitrogens with one attached hydrogen (secondary N) is 2. The van der Waals surface area contributed by atoms with Gasteiger partial charge in [0.15, 0.2) is 18.5 Å². The minimum atomic E-state index is -1.54. The maximum Gasteiger partial charge on any atom is 0.286 e. The number of rotatable bonds is 10. The largest absolute Gasteiger partial charge is 0.381 e. The number of hydrogen-bond donors (Lipinski definition) is 3. The summed E-state index contributed by atoms with van der Waals surface area (Å²) >= 11 is 1.49. The van der Waals surface area contributed by atoms with Gasteiger partial charge in [0.05, 0.1) is 11.9 Å². The van der Waals surface area contributed by atoms with Gasteiger partial charge in [-0.1, -0.05) is 60.7 Å². The summed E-state index contributed by atoms with van der Waals surface area (Å²) in [6.07, 6.45) is 2.27. The lowest BCUT2D eigenvalue weighted by Crippen LogP contribution is -2.59. The maximum atomic E-state index is 13.8. The number of pyridine rings is 1. The number of aliphatic hydroxyl groups is 1. The van der Waals surface area contributed by atoms with Crippen LogP contribution in [0.15, 0.2) is 85.2 Å². The molecular weight excluding hydrogens is 524 g/mol. The molecule has 0 bridgehead atoms. The Labute approximate surface area is 239 Å². The number of aliphatic hydroxyl groups excluding tert-OH is 1. The van der Waals surface area contributed by atoms with Gasteiger partial charge >= 0.3 is 0 Å². The first-order valence-corrected chi connectivity index (χ1v) is 14.4. The molecule has 3 amide bonds. The van der Waals surface area contributed by atoms with Gasteiger partial charge in [0.2, 0.25) is 12.5 Å². The summed E-state index contributed by atoms with van der Waals surface area (Å²) in [5.74, 6) is -0.921. The van der Waals surface area contributed by atoms with Crippen molar-refractivity contribution >= 4 is 29.5 Å². The molecule has 0 spiro atoms. The summed E-state index contributed by atoms with van der Waals surface area (Å²) in [4.78, 5) is 41.6. The highest BCUT2D eigenvalue weighted by atomic mass is 32.2. The minimum absolute atomic E-state index is 0.0452. The van der Waals surface area contributed by atoms with E-state index in [1.54, 1.807) is 17.0 Å². The number of aromatic nitrogens is 1. The Morgan fingerprint density at radius 2 is 1.68 bits per heavy atom. The van der Waals surface area contributed by atoms with Crippen molar-refractivity contribution in [1.82, 2.24) is 15.5 Å². The van der Waals surface area contributed by atoms with Gasteiger partial charge in [-0.25, -0.2) is 0 Å². The van der Waals surface area contributed by atoms with Crippen molar-refractivity contribution in [3.63, 3.8) is 0 Å². The van der Waals surface area contributed by atoms with Gasteiger partial charge in [-0.3, -0.25) is 14.4 Å². The van der Waals surface area contributed by atoms with E-state index >= 15 is 0 Å². The van der Waals surface area contributed by atoms with E-state index in [-0.39, 0.29) is 30.7 Å². The highest BCUT2D eigenvalue weighted by molar-refractivity contribution is 8.00. The third kappa shape index (κ3) is 7.28. The Morgan fingerprint density at radius 3 is 2.38 bits per heavy atom. The summed E-state index contributed by atoms with van der Waals surface area (Å²) in [5, 5.41) is 17.2. The van der Waals surface area contributed by atoms with Gasteiger partial charge < -0.3 is 20.6 Å². The number of thioether (sulfide) groups is 1. The zero-order chi connectivity index (χ0) is 28.7. The van der Waals surface area contributed by atoms with Crippen LogP contribution in [0.4, 0.5) is 0 Å². The van der Waals surface area contributed by atoms with E-state index in [4.69, 9.17) is 0 Å². The first-order chi connectivity index (χ1) is 19.2. The second kappa shape index (κ2) is 13.1. The lowest BCUT2D eigenvalue weighted by molar-refractivity contribution is -0.684. The van der Waals surface area contributed by atoms with Crippen LogP contribution in [-0.2, 0) is 33.9 Å². The molecule has 0 saturated carbocycles. The van der Waals surface area contributed by atoms with Crippen molar-refractivity contribution in [2.45, 2.75) is 63.2 Å². The van der Waals surface area contributed by atoms with E-state index in [0.29, 0.717) is 6.54 Å². The van der Waals surface area contributed by atoms with Crippen molar-refractivity contribution < 1.29 is 24.1 Å². The standard InChI is InChI=1S/C31H36N4O4S/c1-22-12-8-9-15-24(22)19-32-29(38)28-31(2,3)40-21-35(28)30(39)27(37)25(18-23-13-6-4-7-14-23)33-26(36)20-34-16-10-5-11-17-34/h4-17,25,27-28,37H,18-21H2,1-3H3,(H-,32,33,36,38)/p+1/t25-,27-,28+/m0/s1. The van der Waals surface area contributed by atoms with Crippen molar-refractivity contribution in [2.24, 2.45) is 0 Å². The van der Waals surface area contributed by atoms with Crippen LogP contribution in [0.1, 0.15) is 30.5 Å². The van der Waals surface area contributed by atoms with Crippen molar-refractivity contribution in [3.05, 3.63) is 102 Å². The molecule has 3 aromatic rings. The molecule has 2 aromatic carbocycles. The minimum Gasteiger partial charge on any atom is -0.381 e. The van der Waals surface area contributed by atoms with Gasteiger partial charge in [-0.15, -0.1) is 11.8 Å². The number of aryl methyl sites for hydroxylation is 1. The van der Waals surface area contributed by atoms with Crippen LogP contribution in [-0.4, -0.2) is 56.5 Å². The van der Waals surface area contributed by atoms with Gasteiger partial charge in [0.25, 0.3) is 11.8 Å². The van der Waals surface area contributed by atoms with Gasteiger partial charge in [-0.2, -0.15) is 4.57 Å². The molecule has 1 aliphatic rings. The Bertz CT molecular complexity index is 1320. The Hall–Kier alpha value is -3.69. The van der Waals surface area contributed by atoms with Gasteiger partial charge in [0.1, 0.15) is 6.04 Å². The molecule has 3 N–H and O–H groups in total. The van der Waals surface area contributed by atoms with E-state index in [1.807, 2.05) is 93.6 Å². The van der Waals surface area contributed by atoms with Crippen LogP contribution in [0, 0.1) is 6.92 Å². The van der Waals surface area contributed by atoms with E-state index < -0.39 is 28.8 Å². The fourth-order valence-corrected chi connectivity index (χ4v) is 6.05. The molecule has 0 aliphatic carbocycles. The van der Waals surface area contributed by atoms with Crippen LogP contribution in [0.5, 0.6) is 0 Å². The Morgan fingerprint density at radius 1 is 1.02 bits per heavy atom. The molecule has 1 fully saturated rings. The first kappa shape index (κ1) is 29.3. The molecular formula is C31H37N4O4S+. The third-order valence-electron chi connectivity index (χ3n) is 7.17. The van der Waals surface area contributed by atoms with Crippen LogP contribution in [0.25, 0.3) is 0 Å². The molecule has 0 unspecified atom stereocenters. The molecule has 1 aliphatic heterocycles. The van der Waals surface area contributed by atoms with Crippen LogP contribution >= 0.6 is 11.8 Å². The average molecular weight is 562 g/mol. The molecule has 1 aromatic heterocycles. The summed E-state index contributed by atoms with van der Waals surface area (Å²) in [7, 11) is 0. The SMILES string of the molecule is Cc1ccccc1CNC(=O)[C@H]1N(C(=O)[C@@H](O)[C@H](Cc2ccccc2)NC(=O)C[n+]2ccccc2)CSC1(C)C. The lowest BCUT2D eigenvalue weighted by Gasteiger charge is -2.33. The van der Waals surface area contributed by atoms with Crippen LogP contribution in [0.3, 0.4) is 0 Å². The Balaban J connectivity index is 1.51. The monoisotopic (exact) mass is 561 g/mol. The number of hydrogen-bond acceptors (Lipinski definition) is 5. The van der Waals surface area contributed by atoms with E-state index in [2.05, 4.69) is 10.6 Å². The fourth-order valence-electron chi connectivity index (χ4n) is 4.91. The molecule has 8 nitrogen and oxygen atoms in total. The second-order valence-electron chi connectivity index (χ2n) is 10.6. The number of amides is 3. The predicted molar refractivity (Wildman–Crippen MR) is 155 cm³/mol. The molecule has 1 saturated heterocycles. The fraction of sp³-hybridized carbons (Fsp3) is 0.355. The molecule has 0 radical (unpaired) electrons. The molecule has 40 heavy (non-hydrogen) atoms. The molecule has 210 valence electrons. The van der Waals surface area contributed by atoms with E-state index in [1.165, 1.54) is 16.7 Å². The second-order valence-corrected chi connectivity index (χ2v) is 12.2. The lowest BCUT2D eigenvalue weighted by atomic mass is 9.97. The molecule has 3 atom stereocenters. The van der Waals surface area contributed by atoms with Crippen molar-refractivity contribution in [3.8, 4) is 0 Å². The van der Waals surface area contributed by atoms with Crippen LogP contribution in [0.2, 0.25) is 0 Å². The molecule has 2 heterocycles. The first-order valence-electron chi connectivity index (χ1n) is 13.4. The van der Waals surface area contributed by atoms with E-state index in [9.17, 15) is 19.5 Å². The number of nitrogens with zero attached hydrogens (tertiary/aromatic N) is 2. The third-order valence-corrected chi connectivity index (χ3v) is 8.55. The van der Waals surface area contributed by atoms with Gasteiger partial charge in [0, 0.05) is 23.4 Å². The van der Waals surface area contributed by atoms with Gasteiger partial charge in [-0.05, 0) is 43.9 Å². The maximum absolute atomic E-state index is 13.8. The highest BCUT2D eigenvalue weighted by Gasteiger charge is 2.49. The number of carbonyl (C=O) groups excluding carboxylic acids is 3. The summed E-state index contributed by atoms with van der Waals surface area (Å²) in [5.41, 5.74) is 2.94. The van der Waals surface area contributed by atoms with Crippen molar-refractivity contribution in [1.29, 1.82) is 0 Å². The zero-order valence-corrected chi connectivity index (χ0v) is 23.9.